The van der Waals surface area contributed by atoms with E-state index in [1.807, 2.05) is 13.8 Å². The van der Waals surface area contributed by atoms with Gasteiger partial charge < -0.3 is 0 Å². The summed E-state index contributed by atoms with van der Waals surface area (Å²) in [5.41, 5.74) is 1.40. The van der Waals surface area contributed by atoms with Crippen LogP contribution in [0.2, 0.25) is 0 Å². The van der Waals surface area contributed by atoms with Crippen molar-refractivity contribution in [1.29, 1.82) is 0 Å². The summed E-state index contributed by atoms with van der Waals surface area (Å²) in [4.78, 5) is 0. The van der Waals surface area contributed by atoms with Gasteiger partial charge >= 0.3 is 0 Å². The normalized spacial score (nSPS) is 13.0. The lowest BCUT2D eigenvalue weighted by atomic mass is 10.2. The van der Waals surface area contributed by atoms with Gasteiger partial charge in [0, 0.05) is 10.6 Å². The summed E-state index contributed by atoms with van der Waals surface area (Å²) in [5, 5.41) is 0.710. The molecule has 0 unspecified atom stereocenters. The molecule has 0 bridgehead atoms. The first-order valence-corrected chi connectivity index (χ1v) is 2.95. The fraction of sp³-hybridized carbons (Fsp3) is 0.600. The lowest BCUT2D eigenvalue weighted by Crippen LogP contribution is -1.82. The molecule has 0 fully saturated rings. The number of halogens is 2. The van der Waals surface area contributed by atoms with Crippen LogP contribution < -0.4 is 0 Å². The Bertz CT molecular complexity index is 74.1. The van der Waals surface area contributed by atoms with Gasteiger partial charge in [0.25, 0.3) is 0 Å². The quantitative estimate of drug-likeness (QED) is 0.523. The third-order valence-corrected chi connectivity index (χ3v) is 1.55. The molecule has 0 atom stereocenters. The van der Waals surface area contributed by atoms with Gasteiger partial charge in [-0.15, -0.1) is 0 Å². The Hall–Kier alpha value is 0.320. The Morgan fingerprint density at radius 3 is 2.00 bits per heavy atom. The van der Waals surface area contributed by atoms with Crippen LogP contribution in [-0.2, 0) is 0 Å². The van der Waals surface area contributed by atoms with Gasteiger partial charge in [-0.2, -0.15) is 0 Å². The summed E-state index contributed by atoms with van der Waals surface area (Å²) in [5.74, 6) is 0.360. The highest BCUT2D eigenvalue weighted by Crippen LogP contribution is 2.13. The summed E-state index contributed by atoms with van der Waals surface area (Å²) in [7, 11) is 0. The first-order valence-electron chi connectivity index (χ1n) is 2.14. The molecule has 0 heterocycles. The molecule has 0 aliphatic heterocycles. The van der Waals surface area contributed by atoms with E-state index in [1.165, 1.54) is 5.54 Å². The van der Waals surface area contributed by atoms with Crippen LogP contribution in [0.3, 0.4) is 0 Å². The van der Waals surface area contributed by atoms with Crippen molar-refractivity contribution in [3.05, 3.63) is 10.6 Å². The SMILES string of the molecule is CC(C)/C(Cl)=C/Cl. The van der Waals surface area contributed by atoms with Gasteiger partial charge in [0.05, 0.1) is 0 Å². The summed E-state index contributed by atoms with van der Waals surface area (Å²) < 4.78 is 0. The minimum atomic E-state index is 0.360. The minimum Gasteiger partial charge on any atom is -0.0917 e. The Morgan fingerprint density at radius 2 is 2.00 bits per heavy atom. The van der Waals surface area contributed by atoms with Crippen LogP contribution in [-0.4, -0.2) is 0 Å². The second kappa shape index (κ2) is 3.34. The van der Waals surface area contributed by atoms with Crippen LogP contribution in [0.1, 0.15) is 13.8 Å². The summed E-state index contributed by atoms with van der Waals surface area (Å²) in [6.07, 6.45) is 0. The van der Waals surface area contributed by atoms with Gasteiger partial charge in [0.15, 0.2) is 0 Å². The van der Waals surface area contributed by atoms with Crippen molar-refractivity contribution >= 4 is 23.2 Å². The first kappa shape index (κ1) is 7.32. The molecule has 0 N–H and O–H groups in total. The minimum absolute atomic E-state index is 0.360. The molecule has 2 heteroatoms. The zero-order chi connectivity index (χ0) is 5.86. The largest absolute Gasteiger partial charge is 0.0917 e. The Morgan fingerprint density at radius 1 is 1.57 bits per heavy atom. The van der Waals surface area contributed by atoms with E-state index in [0.717, 1.165) is 0 Å². The van der Waals surface area contributed by atoms with Crippen LogP contribution >= 0.6 is 23.2 Å². The second-order valence-electron chi connectivity index (χ2n) is 1.65. The molecule has 0 aromatic heterocycles. The maximum absolute atomic E-state index is 5.53. The number of rotatable bonds is 1. The molecule has 0 aliphatic rings. The third-order valence-electron chi connectivity index (χ3n) is 0.656. The van der Waals surface area contributed by atoms with Crippen molar-refractivity contribution in [2.45, 2.75) is 13.8 Å². The van der Waals surface area contributed by atoms with E-state index in [1.54, 1.807) is 0 Å². The van der Waals surface area contributed by atoms with E-state index in [0.29, 0.717) is 11.0 Å². The van der Waals surface area contributed by atoms with Crippen LogP contribution in [0.4, 0.5) is 0 Å². The van der Waals surface area contributed by atoms with Gasteiger partial charge in [-0.25, -0.2) is 0 Å². The average Bonchev–Trinajstić information content (AvgIpc) is 1.65. The number of hydrogen-bond acceptors (Lipinski definition) is 0. The van der Waals surface area contributed by atoms with Crippen molar-refractivity contribution in [3.8, 4) is 0 Å². The van der Waals surface area contributed by atoms with E-state index < -0.39 is 0 Å². The molecule has 0 aromatic carbocycles. The zero-order valence-corrected chi connectivity index (χ0v) is 5.92. The first-order chi connectivity index (χ1) is 3.18. The predicted octanol–water partition coefficient (Wildman–Crippen LogP) is 2.96. The van der Waals surface area contributed by atoms with Crippen molar-refractivity contribution in [1.82, 2.24) is 0 Å². The molecule has 0 spiro atoms. The third kappa shape index (κ3) is 2.95. The van der Waals surface area contributed by atoms with Gasteiger partial charge in [0.2, 0.25) is 0 Å². The van der Waals surface area contributed by atoms with Crippen molar-refractivity contribution in [2.75, 3.05) is 0 Å². The summed E-state index contributed by atoms with van der Waals surface area (Å²) >= 11 is 10.8. The maximum Gasteiger partial charge on any atom is 0.0319 e. The van der Waals surface area contributed by atoms with Gasteiger partial charge in [-0.05, 0) is 5.92 Å². The van der Waals surface area contributed by atoms with Gasteiger partial charge in [-0.3, -0.25) is 0 Å². The van der Waals surface area contributed by atoms with Crippen molar-refractivity contribution < 1.29 is 0 Å². The molecule has 0 saturated heterocycles. The maximum atomic E-state index is 5.53. The van der Waals surface area contributed by atoms with Crippen LogP contribution in [0.25, 0.3) is 0 Å². The van der Waals surface area contributed by atoms with E-state index in [2.05, 4.69) is 0 Å². The smallest absolute Gasteiger partial charge is 0.0319 e. The molecule has 42 valence electrons. The average molecular weight is 139 g/mol. The Labute approximate surface area is 54.1 Å². The molecule has 0 rings (SSSR count). The van der Waals surface area contributed by atoms with E-state index >= 15 is 0 Å². The highest BCUT2D eigenvalue weighted by atomic mass is 35.5. The van der Waals surface area contributed by atoms with E-state index in [-0.39, 0.29) is 0 Å². The second-order valence-corrected chi connectivity index (χ2v) is 2.30. The monoisotopic (exact) mass is 138 g/mol. The molecule has 0 saturated carbocycles. The fourth-order valence-electron chi connectivity index (χ4n) is 0.126. The van der Waals surface area contributed by atoms with Gasteiger partial charge in [0.1, 0.15) is 0 Å². The molecule has 0 aliphatic carbocycles. The van der Waals surface area contributed by atoms with E-state index in [9.17, 15) is 0 Å². The van der Waals surface area contributed by atoms with Crippen LogP contribution in [0, 0.1) is 5.92 Å². The molecular formula is C5H8Cl2. The lowest BCUT2D eigenvalue weighted by molar-refractivity contribution is 0.815. The molecule has 0 aromatic rings. The zero-order valence-electron chi connectivity index (χ0n) is 4.41. The fourth-order valence-corrected chi connectivity index (χ4v) is 0.378. The van der Waals surface area contributed by atoms with Crippen LogP contribution in [0.5, 0.6) is 0 Å². The van der Waals surface area contributed by atoms with Gasteiger partial charge in [-0.1, -0.05) is 37.0 Å². The summed E-state index contributed by atoms with van der Waals surface area (Å²) in [6, 6.07) is 0. The lowest BCUT2D eigenvalue weighted by Gasteiger charge is -1.96. The Balaban J connectivity index is 3.56. The number of hydrogen-bond donors (Lipinski definition) is 0. The number of allylic oxidation sites excluding steroid dienone is 1. The predicted molar refractivity (Wildman–Crippen MR) is 34.6 cm³/mol. The molecule has 0 nitrogen and oxygen atoms in total. The Kier molecular flexibility index (Phi) is 3.49. The highest BCUT2D eigenvalue weighted by molar-refractivity contribution is 6.36. The molecule has 7 heavy (non-hydrogen) atoms. The molecular weight excluding hydrogens is 131 g/mol. The van der Waals surface area contributed by atoms with Crippen molar-refractivity contribution in [3.63, 3.8) is 0 Å². The highest BCUT2D eigenvalue weighted by Gasteiger charge is 1.94. The van der Waals surface area contributed by atoms with Crippen LogP contribution in [0.15, 0.2) is 10.6 Å². The summed E-state index contributed by atoms with van der Waals surface area (Å²) in [6.45, 7) is 3.97. The standard InChI is InChI=1S/C5H8Cl2/c1-4(2)5(7)3-6/h3-4H,1-2H3/b5-3-. The molecule has 0 radical (unpaired) electrons. The van der Waals surface area contributed by atoms with E-state index in [4.69, 9.17) is 23.2 Å². The molecule has 0 amide bonds. The topological polar surface area (TPSA) is 0 Å². The van der Waals surface area contributed by atoms with Crippen molar-refractivity contribution in [2.24, 2.45) is 5.92 Å².